The molecule has 0 saturated carbocycles. The Balaban J connectivity index is 2.11. The van der Waals surface area contributed by atoms with Crippen LogP contribution in [0.2, 0.25) is 0 Å². The number of imide groups is 1. The number of H-pyrrole nitrogens is 1. The highest BCUT2D eigenvalue weighted by molar-refractivity contribution is 6.04. The summed E-state index contributed by atoms with van der Waals surface area (Å²) >= 11 is 0. The Morgan fingerprint density at radius 2 is 2.05 bits per heavy atom. The lowest BCUT2D eigenvalue weighted by atomic mass is 9.88. The molecule has 2 N–H and O–H groups in total. The molecule has 2 aromatic rings. The average molecular weight is 256 g/mol. The van der Waals surface area contributed by atoms with Gasteiger partial charge in [0.2, 0.25) is 11.8 Å². The van der Waals surface area contributed by atoms with Crippen molar-refractivity contribution in [3.8, 4) is 0 Å². The van der Waals surface area contributed by atoms with E-state index in [9.17, 15) is 14.4 Å². The summed E-state index contributed by atoms with van der Waals surface area (Å²) in [7, 11) is 0. The lowest BCUT2D eigenvalue weighted by Gasteiger charge is -2.22. The Bertz CT molecular complexity index is 687. The quantitative estimate of drug-likeness (QED) is 0.631. The standard InChI is InChI=1S/C14H12N2O3/c17-7-8-1-2-9(10-5-6-15-13(8)10)11-3-4-12(18)16-14(11)19/h1-2,5-7,11,15H,3-4H2,(H,16,18,19). The molecular weight excluding hydrogens is 244 g/mol. The number of carbonyl (C=O) groups is 3. The van der Waals surface area contributed by atoms with Gasteiger partial charge in [-0.1, -0.05) is 6.07 Å². The molecule has 5 heteroatoms. The molecule has 0 aliphatic carbocycles. The van der Waals surface area contributed by atoms with Crippen LogP contribution in [-0.2, 0) is 9.59 Å². The van der Waals surface area contributed by atoms with E-state index < -0.39 is 0 Å². The van der Waals surface area contributed by atoms with Gasteiger partial charge in [0, 0.05) is 23.6 Å². The summed E-state index contributed by atoms with van der Waals surface area (Å²) in [4.78, 5) is 37.1. The van der Waals surface area contributed by atoms with Gasteiger partial charge in [-0.2, -0.15) is 0 Å². The number of aromatic amines is 1. The van der Waals surface area contributed by atoms with Crippen LogP contribution >= 0.6 is 0 Å². The second kappa shape index (κ2) is 4.35. The van der Waals surface area contributed by atoms with Crippen molar-refractivity contribution in [2.75, 3.05) is 0 Å². The van der Waals surface area contributed by atoms with Crippen LogP contribution in [0.5, 0.6) is 0 Å². The number of hydrogen-bond donors (Lipinski definition) is 2. The first-order valence-corrected chi connectivity index (χ1v) is 6.09. The largest absolute Gasteiger partial charge is 0.361 e. The summed E-state index contributed by atoms with van der Waals surface area (Å²) < 4.78 is 0. The molecule has 1 aromatic carbocycles. The first-order chi connectivity index (χ1) is 9.20. The minimum absolute atomic E-state index is 0.226. The number of aldehydes is 1. The fourth-order valence-electron chi connectivity index (χ4n) is 2.59. The molecule has 0 radical (unpaired) electrons. The molecule has 2 heterocycles. The Morgan fingerprint density at radius 1 is 1.21 bits per heavy atom. The molecule has 1 unspecified atom stereocenters. The first kappa shape index (κ1) is 11.6. The van der Waals surface area contributed by atoms with Crippen LogP contribution in [0.25, 0.3) is 10.9 Å². The minimum atomic E-state index is -0.336. The third-order valence-electron chi connectivity index (χ3n) is 3.53. The number of nitrogens with one attached hydrogen (secondary N) is 2. The Kier molecular flexibility index (Phi) is 2.67. The van der Waals surface area contributed by atoms with Crippen molar-refractivity contribution in [1.29, 1.82) is 0 Å². The van der Waals surface area contributed by atoms with E-state index in [4.69, 9.17) is 0 Å². The van der Waals surface area contributed by atoms with Gasteiger partial charge in [-0.15, -0.1) is 0 Å². The molecule has 1 saturated heterocycles. The molecule has 0 spiro atoms. The number of amides is 2. The average Bonchev–Trinajstić information content (AvgIpc) is 2.87. The number of aromatic nitrogens is 1. The number of hydrogen-bond acceptors (Lipinski definition) is 3. The van der Waals surface area contributed by atoms with E-state index in [1.54, 1.807) is 18.3 Å². The van der Waals surface area contributed by atoms with Gasteiger partial charge in [0.25, 0.3) is 0 Å². The molecule has 1 fully saturated rings. The molecule has 0 bridgehead atoms. The maximum absolute atomic E-state index is 11.9. The third-order valence-corrected chi connectivity index (χ3v) is 3.53. The maximum Gasteiger partial charge on any atom is 0.234 e. The van der Waals surface area contributed by atoms with Crippen LogP contribution in [0, 0.1) is 0 Å². The van der Waals surface area contributed by atoms with E-state index in [-0.39, 0.29) is 17.7 Å². The molecule has 19 heavy (non-hydrogen) atoms. The van der Waals surface area contributed by atoms with Gasteiger partial charge >= 0.3 is 0 Å². The van der Waals surface area contributed by atoms with Crippen LogP contribution in [-0.4, -0.2) is 23.1 Å². The van der Waals surface area contributed by atoms with Crippen LogP contribution in [0.15, 0.2) is 24.4 Å². The van der Waals surface area contributed by atoms with Crippen molar-refractivity contribution in [3.63, 3.8) is 0 Å². The van der Waals surface area contributed by atoms with Crippen LogP contribution in [0.3, 0.4) is 0 Å². The van der Waals surface area contributed by atoms with Crippen LogP contribution in [0.4, 0.5) is 0 Å². The van der Waals surface area contributed by atoms with Crippen molar-refractivity contribution >= 4 is 29.0 Å². The summed E-state index contributed by atoms with van der Waals surface area (Å²) in [6.45, 7) is 0. The van der Waals surface area contributed by atoms with Gasteiger partial charge in [0.15, 0.2) is 6.29 Å². The molecule has 5 nitrogen and oxygen atoms in total. The molecule has 96 valence electrons. The highest BCUT2D eigenvalue weighted by Gasteiger charge is 2.29. The summed E-state index contributed by atoms with van der Waals surface area (Å²) in [5, 5.41) is 3.22. The third kappa shape index (κ3) is 1.83. The van der Waals surface area contributed by atoms with Crippen molar-refractivity contribution in [3.05, 3.63) is 35.5 Å². The monoisotopic (exact) mass is 256 g/mol. The van der Waals surface area contributed by atoms with Gasteiger partial charge in [-0.25, -0.2) is 0 Å². The zero-order valence-corrected chi connectivity index (χ0v) is 10.1. The molecule has 1 aliphatic heterocycles. The molecular formula is C14H12N2O3. The molecule has 1 aromatic heterocycles. The SMILES string of the molecule is O=Cc1ccc(C2CCC(=O)NC2=O)c2cc[nH]c12. The van der Waals surface area contributed by atoms with Gasteiger partial charge < -0.3 is 4.98 Å². The normalized spacial score (nSPS) is 19.5. The van der Waals surface area contributed by atoms with E-state index in [0.29, 0.717) is 18.4 Å². The predicted molar refractivity (Wildman–Crippen MR) is 68.8 cm³/mol. The Labute approximate surface area is 109 Å². The Morgan fingerprint density at radius 3 is 2.79 bits per heavy atom. The topological polar surface area (TPSA) is 79.0 Å². The fourth-order valence-corrected chi connectivity index (χ4v) is 2.59. The van der Waals surface area contributed by atoms with E-state index in [1.807, 2.05) is 6.07 Å². The highest BCUT2D eigenvalue weighted by Crippen LogP contribution is 2.31. The van der Waals surface area contributed by atoms with Crippen LogP contribution < -0.4 is 5.32 Å². The van der Waals surface area contributed by atoms with Crippen molar-refractivity contribution in [2.45, 2.75) is 18.8 Å². The second-order valence-corrected chi connectivity index (χ2v) is 4.63. The summed E-state index contributed by atoms with van der Waals surface area (Å²) in [6, 6.07) is 5.34. The van der Waals surface area contributed by atoms with Crippen molar-refractivity contribution in [1.82, 2.24) is 10.3 Å². The first-order valence-electron chi connectivity index (χ1n) is 6.09. The van der Waals surface area contributed by atoms with E-state index >= 15 is 0 Å². The number of fused-ring (bicyclic) bond motifs is 1. The molecule has 3 rings (SSSR count). The second-order valence-electron chi connectivity index (χ2n) is 4.63. The van der Waals surface area contributed by atoms with Crippen LogP contribution in [0.1, 0.15) is 34.7 Å². The zero-order valence-electron chi connectivity index (χ0n) is 10.1. The highest BCUT2D eigenvalue weighted by atomic mass is 16.2. The zero-order chi connectivity index (χ0) is 13.4. The van der Waals surface area contributed by atoms with E-state index in [0.717, 1.165) is 22.8 Å². The lowest BCUT2D eigenvalue weighted by Crippen LogP contribution is -2.39. The van der Waals surface area contributed by atoms with Gasteiger partial charge in [0.1, 0.15) is 0 Å². The number of carbonyl (C=O) groups excluding carboxylic acids is 3. The van der Waals surface area contributed by atoms with Gasteiger partial charge in [-0.05, 0) is 24.1 Å². The maximum atomic E-state index is 11.9. The van der Waals surface area contributed by atoms with E-state index in [2.05, 4.69) is 10.3 Å². The predicted octanol–water partition coefficient (Wildman–Crippen LogP) is 1.50. The molecule has 2 amide bonds. The number of rotatable bonds is 2. The van der Waals surface area contributed by atoms with Crippen molar-refractivity contribution in [2.24, 2.45) is 0 Å². The molecule has 1 atom stereocenters. The van der Waals surface area contributed by atoms with Crippen molar-refractivity contribution < 1.29 is 14.4 Å². The summed E-state index contributed by atoms with van der Waals surface area (Å²) in [5.74, 6) is -0.828. The smallest absolute Gasteiger partial charge is 0.234 e. The van der Waals surface area contributed by atoms with E-state index in [1.165, 1.54) is 0 Å². The minimum Gasteiger partial charge on any atom is -0.361 e. The molecule has 1 aliphatic rings. The summed E-state index contributed by atoms with van der Waals surface area (Å²) in [6.07, 6.45) is 3.38. The number of piperidine rings is 1. The van der Waals surface area contributed by atoms with Gasteiger partial charge in [0.05, 0.1) is 11.4 Å². The van der Waals surface area contributed by atoms with Gasteiger partial charge in [-0.3, -0.25) is 19.7 Å². The fraction of sp³-hybridized carbons (Fsp3) is 0.214. The Hall–Kier alpha value is -2.43. The lowest BCUT2D eigenvalue weighted by molar-refractivity contribution is -0.134. The summed E-state index contributed by atoms with van der Waals surface area (Å²) in [5.41, 5.74) is 2.15. The number of benzene rings is 1.